The third-order valence-electron chi connectivity index (χ3n) is 6.38. The van der Waals surface area contributed by atoms with Crippen molar-refractivity contribution in [2.45, 2.75) is 63.9 Å². The number of carbonyl (C=O) groups excluding carboxylic acids is 1. The Kier molecular flexibility index (Phi) is 7.21. The number of thiazole rings is 1. The fourth-order valence-corrected chi connectivity index (χ4v) is 7.51. The predicted molar refractivity (Wildman–Crippen MR) is 138 cm³/mol. The molecule has 0 spiro atoms. The van der Waals surface area contributed by atoms with Crippen molar-refractivity contribution >= 4 is 37.5 Å². The van der Waals surface area contributed by atoms with Gasteiger partial charge in [-0.15, -0.1) is 6.58 Å². The number of sulfonamides is 1. The van der Waals surface area contributed by atoms with E-state index in [0.29, 0.717) is 23.5 Å². The van der Waals surface area contributed by atoms with E-state index in [1.54, 1.807) is 22.5 Å². The Hall–Kier alpha value is -2.55. The topological polar surface area (TPSA) is 71.7 Å². The van der Waals surface area contributed by atoms with Gasteiger partial charge in [0.15, 0.2) is 4.80 Å². The van der Waals surface area contributed by atoms with Crippen LogP contribution in [0.15, 0.2) is 58.9 Å². The lowest BCUT2D eigenvalue weighted by atomic mass is 10.0. The lowest BCUT2D eigenvalue weighted by Gasteiger charge is -2.34. The molecule has 1 amide bonds. The van der Waals surface area contributed by atoms with Crippen LogP contribution in [0, 0.1) is 13.8 Å². The molecular formula is C26H31N3O3S2. The first kappa shape index (κ1) is 24.6. The van der Waals surface area contributed by atoms with Crippen LogP contribution < -0.4 is 4.80 Å². The van der Waals surface area contributed by atoms with Gasteiger partial charge in [0.2, 0.25) is 10.0 Å². The van der Waals surface area contributed by atoms with Crippen LogP contribution in [0.1, 0.15) is 54.1 Å². The first-order valence-corrected chi connectivity index (χ1v) is 13.9. The summed E-state index contributed by atoms with van der Waals surface area (Å²) in [5.74, 6) is -0.396. The molecule has 1 unspecified atom stereocenters. The van der Waals surface area contributed by atoms with Crippen molar-refractivity contribution in [1.29, 1.82) is 0 Å². The molecule has 2 aromatic carbocycles. The van der Waals surface area contributed by atoms with Gasteiger partial charge < -0.3 is 4.57 Å². The zero-order valence-electron chi connectivity index (χ0n) is 20.0. The number of piperidine rings is 1. The third kappa shape index (κ3) is 4.67. The summed E-state index contributed by atoms with van der Waals surface area (Å²) >= 11 is 1.48. The van der Waals surface area contributed by atoms with Crippen LogP contribution in [0.5, 0.6) is 0 Å². The highest BCUT2D eigenvalue weighted by molar-refractivity contribution is 7.89. The van der Waals surface area contributed by atoms with Crippen LogP contribution in [-0.4, -0.2) is 35.8 Å². The number of aryl methyl sites for hydroxylation is 2. The molecular weight excluding hydrogens is 466 g/mol. The smallest absolute Gasteiger partial charge is 0.279 e. The van der Waals surface area contributed by atoms with E-state index in [-0.39, 0.29) is 10.9 Å². The van der Waals surface area contributed by atoms with E-state index in [0.717, 1.165) is 47.0 Å². The molecule has 180 valence electrons. The molecule has 1 fully saturated rings. The number of aromatic nitrogens is 1. The first-order chi connectivity index (χ1) is 16.3. The Morgan fingerprint density at radius 2 is 1.94 bits per heavy atom. The molecule has 1 aliphatic heterocycles. The van der Waals surface area contributed by atoms with Crippen LogP contribution in [0.25, 0.3) is 10.2 Å². The normalized spacial score (nSPS) is 17.9. The van der Waals surface area contributed by atoms with E-state index in [1.165, 1.54) is 23.5 Å². The van der Waals surface area contributed by atoms with Gasteiger partial charge in [0.05, 0.1) is 15.1 Å². The van der Waals surface area contributed by atoms with Crippen molar-refractivity contribution in [2.75, 3.05) is 6.54 Å². The molecule has 1 atom stereocenters. The molecule has 34 heavy (non-hydrogen) atoms. The molecule has 3 aromatic rings. The summed E-state index contributed by atoms with van der Waals surface area (Å²) in [6.45, 7) is 11.1. The Morgan fingerprint density at radius 3 is 2.62 bits per heavy atom. The minimum atomic E-state index is -3.59. The average Bonchev–Trinajstić information content (AvgIpc) is 3.16. The Morgan fingerprint density at radius 1 is 1.21 bits per heavy atom. The minimum absolute atomic E-state index is 0.0374. The summed E-state index contributed by atoms with van der Waals surface area (Å²) in [5, 5.41) is 0. The van der Waals surface area contributed by atoms with E-state index in [9.17, 15) is 13.2 Å². The van der Waals surface area contributed by atoms with E-state index < -0.39 is 15.9 Å². The molecule has 2 heterocycles. The molecule has 4 rings (SSSR count). The van der Waals surface area contributed by atoms with Crippen molar-refractivity contribution in [3.05, 3.63) is 70.5 Å². The highest BCUT2D eigenvalue weighted by atomic mass is 32.2. The summed E-state index contributed by atoms with van der Waals surface area (Å²) in [7, 11) is -3.59. The van der Waals surface area contributed by atoms with Crippen LogP contribution in [-0.2, 0) is 16.6 Å². The van der Waals surface area contributed by atoms with Crippen molar-refractivity contribution in [2.24, 2.45) is 4.99 Å². The maximum absolute atomic E-state index is 13.2. The minimum Gasteiger partial charge on any atom is -0.312 e. The average molecular weight is 498 g/mol. The Labute approximate surface area is 205 Å². The number of fused-ring (bicyclic) bond motifs is 1. The van der Waals surface area contributed by atoms with Crippen molar-refractivity contribution in [3.8, 4) is 0 Å². The highest BCUT2D eigenvalue weighted by Gasteiger charge is 2.32. The summed E-state index contributed by atoms with van der Waals surface area (Å²) in [4.78, 5) is 18.2. The van der Waals surface area contributed by atoms with Gasteiger partial charge in [-0.1, -0.05) is 36.8 Å². The SMILES string of the molecule is C=CCn1c(=NC(=O)c2ccc(S(=O)(=O)N3CCCCC3CC)cc2)sc2c(C)cc(C)cc21. The second-order valence-electron chi connectivity index (χ2n) is 8.83. The van der Waals surface area contributed by atoms with Gasteiger partial charge >= 0.3 is 0 Å². The third-order valence-corrected chi connectivity index (χ3v) is 9.57. The number of nitrogens with zero attached hydrogens (tertiary/aromatic N) is 3. The van der Waals surface area contributed by atoms with Gasteiger partial charge in [-0.25, -0.2) is 8.42 Å². The number of carbonyl (C=O) groups is 1. The lowest BCUT2D eigenvalue weighted by Crippen LogP contribution is -2.43. The maximum atomic E-state index is 13.2. The number of hydrogen-bond donors (Lipinski definition) is 0. The summed E-state index contributed by atoms with van der Waals surface area (Å²) in [5.41, 5.74) is 3.68. The zero-order valence-corrected chi connectivity index (χ0v) is 21.6. The molecule has 0 bridgehead atoms. The van der Waals surface area contributed by atoms with Crippen molar-refractivity contribution < 1.29 is 13.2 Å². The number of hydrogen-bond acceptors (Lipinski definition) is 4. The van der Waals surface area contributed by atoms with E-state index >= 15 is 0 Å². The molecule has 0 N–H and O–H groups in total. The fraction of sp³-hybridized carbons (Fsp3) is 0.385. The Balaban J connectivity index is 1.67. The van der Waals surface area contributed by atoms with E-state index in [4.69, 9.17) is 0 Å². The molecule has 0 saturated carbocycles. The quantitative estimate of drug-likeness (QED) is 0.440. The highest BCUT2D eigenvalue weighted by Crippen LogP contribution is 2.27. The molecule has 1 saturated heterocycles. The molecule has 1 aromatic heterocycles. The standard InChI is InChI=1S/C26H31N3O3S2/c1-5-14-28-23-17-18(3)16-19(4)24(23)33-26(28)27-25(30)20-10-12-22(13-11-20)34(31,32)29-15-8-7-9-21(29)6-2/h5,10-13,16-17,21H,1,6-9,14-15H2,2-4H3. The van der Waals surface area contributed by atoms with Crippen LogP contribution in [0.4, 0.5) is 0 Å². The zero-order chi connectivity index (χ0) is 24.5. The summed E-state index contributed by atoms with van der Waals surface area (Å²) < 4.78 is 31.1. The largest absolute Gasteiger partial charge is 0.312 e. The number of rotatable bonds is 6. The second-order valence-corrected chi connectivity index (χ2v) is 11.7. The molecule has 8 heteroatoms. The lowest BCUT2D eigenvalue weighted by molar-refractivity contribution is 0.0997. The summed E-state index contributed by atoms with van der Waals surface area (Å²) in [6.07, 6.45) is 5.42. The van der Waals surface area contributed by atoms with Gasteiger partial charge in [0, 0.05) is 24.7 Å². The molecule has 6 nitrogen and oxygen atoms in total. The van der Waals surface area contributed by atoms with Crippen LogP contribution >= 0.6 is 11.3 Å². The van der Waals surface area contributed by atoms with Crippen LogP contribution in [0.3, 0.4) is 0 Å². The van der Waals surface area contributed by atoms with Crippen molar-refractivity contribution in [1.82, 2.24) is 8.87 Å². The monoisotopic (exact) mass is 497 g/mol. The summed E-state index contributed by atoms with van der Waals surface area (Å²) in [6, 6.07) is 10.4. The molecule has 0 radical (unpaired) electrons. The van der Waals surface area contributed by atoms with Gasteiger partial charge in [0.25, 0.3) is 5.91 Å². The number of allylic oxidation sites excluding steroid dienone is 1. The van der Waals surface area contributed by atoms with Gasteiger partial charge in [-0.2, -0.15) is 9.30 Å². The maximum Gasteiger partial charge on any atom is 0.279 e. The fourth-order valence-electron chi connectivity index (χ4n) is 4.66. The molecule has 0 aliphatic carbocycles. The molecule has 1 aliphatic rings. The first-order valence-electron chi connectivity index (χ1n) is 11.7. The van der Waals surface area contributed by atoms with E-state index in [1.807, 2.05) is 18.4 Å². The van der Waals surface area contributed by atoms with Crippen molar-refractivity contribution in [3.63, 3.8) is 0 Å². The van der Waals surface area contributed by atoms with Gasteiger partial charge in [-0.05, 0) is 74.6 Å². The van der Waals surface area contributed by atoms with E-state index in [2.05, 4.69) is 30.6 Å². The van der Waals surface area contributed by atoms with Gasteiger partial charge in [0.1, 0.15) is 0 Å². The van der Waals surface area contributed by atoms with Gasteiger partial charge in [-0.3, -0.25) is 4.79 Å². The Bertz CT molecular complexity index is 1400. The second kappa shape index (κ2) is 9.98. The number of benzene rings is 2. The predicted octanol–water partition coefficient (Wildman–Crippen LogP) is 5.20. The van der Waals surface area contributed by atoms with Crippen LogP contribution in [0.2, 0.25) is 0 Å². The number of amides is 1.